The molecule has 78 valence electrons. The predicted octanol–water partition coefficient (Wildman–Crippen LogP) is 1.68. The first kappa shape index (κ1) is 9.71. The van der Waals surface area contributed by atoms with Crippen molar-refractivity contribution >= 4 is 5.82 Å². The molecule has 2 heterocycles. The van der Waals surface area contributed by atoms with Gasteiger partial charge in [-0.05, 0) is 19.1 Å². The Labute approximate surface area is 89.0 Å². The molecule has 1 N–H and O–H groups in total. The van der Waals surface area contributed by atoms with E-state index in [0.717, 1.165) is 23.9 Å². The third-order valence-electron chi connectivity index (χ3n) is 2.32. The standard InChI is InChI=1S/C11H14N4/c1-9-13-6-7-15(9)8-10-4-3-5-11(12-2)14-10/h3-7H,8H2,1-2H3,(H,12,14). The molecule has 4 nitrogen and oxygen atoms in total. The largest absolute Gasteiger partial charge is 0.373 e. The van der Waals surface area contributed by atoms with E-state index in [1.54, 1.807) is 6.20 Å². The monoisotopic (exact) mass is 202 g/mol. The lowest BCUT2D eigenvalue weighted by molar-refractivity contribution is 0.743. The molecule has 4 heteroatoms. The molecule has 2 aromatic heterocycles. The molecule has 0 bridgehead atoms. The van der Waals surface area contributed by atoms with E-state index < -0.39 is 0 Å². The molecule has 0 saturated heterocycles. The molecule has 0 spiro atoms. The molecule has 0 aromatic carbocycles. The average Bonchev–Trinajstić information content (AvgIpc) is 2.65. The molecule has 2 rings (SSSR count). The highest BCUT2D eigenvalue weighted by molar-refractivity contribution is 5.34. The maximum atomic E-state index is 4.45. The van der Waals surface area contributed by atoms with Gasteiger partial charge in [-0.25, -0.2) is 9.97 Å². The van der Waals surface area contributed by atoms with E-state index in [2.05, 4.69) is 19.9 Å². The van der Waals surface area contributed by atoms with Crippen LogP contribution in [0.5, 0.6) is 0 Å². The van der Waals surface area contributed by atoms with E-state index in [1.807, 2.05) is 38.4 Å². The molecule has 0 atom stereocenters. The molecule has 2 aromatic rings. The molecular weight excluding hydrogens is 188 g/mol. The minimum atomic E-state index is 0.765. The van der Waals surface area contributed by atoms with Crippen LogP contribution in [0.15, 0.2) is 30.6 Å². The van der Waals surface area contributed by atoms with Gasteiger partial charge < -0.3 is 9.88 Å². The van der Waals surface area contributed by atoms with E-state index in [4.69, 9.17) is 0 Å². The van der Waals surface area contributed by atoms with E-state index in [0.29, 0.717) is 0 Å². The molecule has 15 heavy (non-hydrogen) atoms. The quantitative estimate of drug-likeness (QED) is 0.823. The lowest BCUT2D eigenvalue weighted by atomic mass is 10.3. The van der Waals surface area contributed by atoms with Crippen molar-refractivity contribution < 1.29 is 0 Å². The Balaban J connectivity index is 2.21. The maximum absolute atomic E-state index is 4.45. The van der Waals surface area contributed by atoms with Crippen LogP contribution in [-0.4, -0.2) is 21.6 Å². The fourth-order valence-corrected chi connectivity index (χ4v) is 1.45. The van der Waals surface area contributed by atoms with E-state index in [1.165, 1.54) is 0 Å². The number of pyridine rings is 1. The van der Waals surface area contributed by atoms with Gasteiger partial charge in [-0.1, -0.05) is 6.07 Å². The third-order valence-corrected chi connectivity index (χ3v) is 2.32. The molecular formula is C11H14N4. The van der Waals surface area contributed by atoms with E-state index >= 15 is 0 Å². The maximum Gasteiger partial charge on any atom is 0.126 e. The number of anilines is 1. The van der Waals surface area contributed by atoms with E-state index in [-0.39, 0.29) is 0 Å². The molecule has 0 amide bonds. The fourth-order valence-electron chi connectivity index (χ4n) is 1.45. The van der Waals surface area contributed by atoms with Crippen molar-refractivity contribution in [1.29, 1.82) is 0 Å². The summed E-state index contributed by atoms with van der Waals surface area (Å²) < 4.78 is 2.07. The van der Waals surface area contributed by atoms with E-state index in [9.17, 15) is 0 Å². The van der Waals surface area contributed by atoms with Gasteiger partial charge in [-0.2, -0.15) is 0 Å². The number of imidazole rings is 1. The highest BCUT2D eigenvalue weighted by atomic mass is 15.1. The predicted molar refractivity (Wildman–Crippen MR) is 59.8 cm³/mol. The van der Waals surface area contributed by atoms with Gasteiger partial charge in [0.1, 0.15) is 11.6 Å². The second-order valence-corrected chi connectivity index (χ2v) is 3.37. The Hall–Kier alpha value is -1.84. The Kier molecular flexibility index (Phi) is 2.67. The van der Waals surface area contributed by atoms with Crippen LogP contribution < -0.4 is 5.32 Å². The number of nitrogens with zero attached hydrogens (tertiary/aromatic N) is 3. The van der Waals surface area contributed by atoms with Gasteiger partial charge in [-0.3, -0.25) is 0 Å². The van der Waals surface area contributed by atoms with Crippen LogP contribution >= 0.6 is 0 Å². The van der Waals surface area contributed by atoms with Crippen molar-refractivity contribution in [2.45, 2.75) is 13.5 Å². The lowest BCUT2D eigenvalue weighted by Gasteiger charge is -2.06. The van der Waals surface area contributed by atoms with Crippen LogP contribution in [0.4, 0.5) is 5.82 Å². The minimum Gasteiger partial charge on any atom is -0.373 e. The van der Waals surface area contributed by atoms with Crippen LogP contribution in [0.1, 0.15) is 11.5 Å². The fraction of sp³-hybridized carbons (Fsp3) is 0.273. The first-order valence-corrected chi connectivity index (χ1v) is 4.91. The minimum absolute atomic E-state index is 0.765. The summed E-state index contributed by atoms with van der Waals surface area (Å²) in [6.45, 7) is 2.75. The third kappa shape index (κ3) is 2.15. The van der Waals surface area contributed by atoms with Gasteiger partial charge in [0.2, 0.25) is 0 Å². The number of aryl methyl sites for hydroxylation is 1. The Morgan fingerprint density at radius 1 is 1.40 bits per heavy atom. The smallest absolute Gasteiger partial charge is 0.126 e. The summed E-state index contributed by atoms with van der Waals surface area (Å²) in [5.41, 5.74) is 1.03. The summed E-state index contributed by atoms with van der Waals surface area (Å²) in [6, 6.07) is 5.96. The van der Waals surface area contributed by atoms with Crippen LogP contribution in [0.2, 0.25) is 0 Å². The zero-order valence-corrected chi connectivity index (χ0v) is 8.94. The molecule has 0 saturated carbocycles. The molecule has 0 aliphatic carbocycles. The summed E-state index contributed by atoms with van der Waals surface area (Å²) in [4.78, 5) is 8.62. The molecule has 0 unspecified atom stereocenters. The van der Waals surface area contributed by atoms with Crippen LogP contribution in [-0.2, 0) is 6.54 Å². The summed E-state index contributed by atoms with van der Waals surface area (Å²) in [5.74, 6) is 1.90. The van der Waals surface area contributed by atoms with Crippen molar-refractivity contribution in [1.82, 2.24) is 14.5 Å². The number of nitrogens with one attached hydrogen (secondary N) is 1. The van der Waals surface area contributed by atoms with Gasteiger partial charge in [0, 0.05) is 19.4 Å². The number of rotatable bonds is 3. The zero-order valence-electron chi connectivity index (χ0n) is 8.94. The van der Waals surface area contributed by atoms with Gasteiger partial charge in [-0.15, -0.1) is 0 Å². The zero-order chi connectivity index (χ0) is 10.7. The topological polar surface area (TPSA) is 42.7 Å². The Morgan fingerprint density at radius 2 is 2.27 bits per heavy atom. The summed E-state index contributed by atoms with van der Waals surface area (Å²) in [7, 11) is 1.87. The van der Waals surface area contributed by atoms with Crippen LogP contribution in [0.25, 0.3) is 0 Å². The first-order chi connectivity index (χ1) is 7.29. The second kappa shape index (κ2) is 4.13. The van der Waals surface area contributed by atoms with Gasteiger partial charge in [0.25, 0.3) is 0 Å². The van der Waals surface area contributed by atoms with Crippen molar-refractivity contribution in [2.75, 3.05) is 12.4 Å². The summed E-state index contributed by atoms with van der Waals surface area (Å²) >= 11 is 0. The Morgan fingerprint density at radius 3 is 2.93 bits per heavy atom. The SMILES string of the molecule is CNc1cccc(Cn2ccnc2C)n1. The van der Waals surface area contributed by atoms with Crippen LogP contribution in [0.3, 0.4) is 0 Å². The normalized spacial score (nSPS) is 10.3. The van der Waals surface area contributed by atoms with Gasteiger partial charge in [0.15, 0.2) is 0 Å². The molecule has 0 radical (unpaired) electrons. The van der Waals surface area contributed by atoms with Gasteiger partial charge in [0.05, 0.1) is 12.2 Å². The number of aromatic nitrogens is 3. The Bertz CT molecular complexity index is 447. The summed E-state index contributed by atoms with van der Waals surface area (Å²) in [5, 5.41) is 3.03. The molecule has 0 aliphatic heterocycles. The van der Waals surface area contributed by atoms with Crippen molar-refractivity contribution in [3.05, 3.63) is 42.1 Å². The number of hydrogen-bond donors (Lipinski definition) is 1. The van der Waals surface area contributed by atoms with Crippen molar-refractivity contribution in [3.63, 3.8) is 0 Å². The van der Waals surface area contributed by atoms with Gasteiger partial charge >= 0.3 is 0 Å². The molecule has 0 fully saturated rings. The second-order valence-electron chi connectivity index (χ2n) is 3.37. The summed E-state index contributed by atoms with van der Waals surface area (Å²) in [6.07, 6.45) is 3.76. The molecule has 0 aliphatic rings. The average molecular weight is 202 g/mol. The van der Waals surface area contributed by atoms with Crippen molar-refractivity contribution in [2.24, 2.45) is 0 Å². The lowest BCUT2D eigenvalue weighted by Crippen LogP contribution is -2.04. The highest BCUT2D eigenvalue weighted by Gasteiger charge is 2.00. The van der Waals surface area contributed by atoms with Crippen LogP contribution in [0, 0.1) is 6.92 Å². The number of hydrogen-bond acceptors (Lipinski definition) is 3. The first-order valence-electron chi connectivity index (χ1n) is 4.91. The highest BCUT2D eigenvalue weighted by Crippen LogP contribution is 2.06. The van der Waals surface area contributed by atoms with Crippen molar-refractivity contribution in [3.8, 4) is 0 Å².